The normalized spacial score (nSPS) is 22.7. The fraction of sp³-hybridized carbons (Fsp3) is 0.474. The van der Waals surface area contributed by atoms with Gasteiger partial charge in [-0.3, -0.25) is 19.3 Å². The van der Waals surface area contributed by atoms with E-state index in [4.69, 9.17) is 0 Å². The largest absolute Gasteiger partial charge is 0.326 e. The molecule has 0 radical (unpaired) electrons. The fourth-order valence-corrected chi connectivity index (χ4v) is 4.87. The van der Waals surface area contributed by atoms with Crippen LogP contribution in [0.1, 0.15) is 37.1 Å². The molecule has 1 N–H and O–H groups in total. The van der Waals surface area contributed by atoms with E-state index in [2.05, 4.69) is 10.3 Å². The lowest BCUT2D eigenvalue weighted by molar-refractivity contribution is -0.140. The quantitative estimate of drug-likeness (QED) is 0.838. The van der Waals surface area contributed by atoms with E-state index in [0.717, 1.165) is 40.9 Å². The van der Waals surface area contributed by atoms with E-state index in [0.29, 0.717) is 5.69 Å². The van der Waals surface area contributed by atoms with Crippen LogP contribution in [0.15, 0.2) is 18.2 Å². The summed E-state index contributed by atoms with van der Waals surface area (Å²) in [6.07, 6.45) is 3.73. The minimum Gasteiger partial charge on any atom is -0.326 e. The number of anilines is 1. The number of aryl methyl sites for hydroxylation is 1. The van der Waals surface area contributed by atoms with Crippen LogP contribution in [-0.4, -0.2) is 34.2 Å². The predicted molar refractivity (Wildman–Crippen MR) is 99.8 cm³/mol. The molecule has 2 aromatic rings. The molecule has 4 rings (SSSR count). The minimum absolute atomic E-state index is 0.0888. The van der Waals surface area contributed by atoms with Gasteiger partial charge in [0.05, 0.1) is 27.1 Å². The number of amides is 3. The van der Waals surface area contributed by atoms with E-state index in [1.807, 2.05) is 25.1 Å². The van der Waals surface area contributed by atoms with Crippen LogP contribution in [0.2, 0.25) is 0 Å². The maximum absolute atomic E-state index is 12.4. The smallest absolute Gasteiger partial charge is 0.233 e. The summed E-state index contributed by atoms with van der Waals surface area (Å²) in [6.45, 7) is 2.11. The predicted octanol–water partition coefficient (Wildman–Crippen LogP) is 3.11. The van der Waals surface area contributed by atoms with Gasteiger partial charge in [0.2, 0.25) is 17.7 Å². The van der Waals surface area contributed by atoms with Crippen molar-refractivity contribution < 1.29 is 14.4 Å². The molecule has 1 aromatic carbocycles. The highest BCUT2D eigenvalue weighted by Crippen LogP contribution is 2.38. The molecule has 26 heavy (non-hydrogen) atoms. The standard InChI is InChI=1S/C19H21N3O3S/c1-11-20-15-7-6-12(10-16(15)26-11)21-17(23)8-9-22-18(24)13-4-2-3-5-14(13)19(22)25/h6-7,10,13-14H,2-5,8-9H2,1H3,(H,21,23)/t13-,14-/m0/s1. The second-order valence-corrected chi connectivity index (χ2v) is 8.27. The van der Waals surface area contributed by atoms with Crippen LogP contribution >= 0.6 is 11.3 Å². The minimum atomic E-state index is -0.193. The fourth-order valence-electron chi connectivity index (χ4n) is 4.01. The van der Waals surface area contributed by atoms with Gasteiger partial charge in [0.15, 0.2) is 0 Å². The van der Waals surface area contributed by atoms with Crippen LogP contribution in [0.25, 0.3) is 10.2 Å². The summed E-state index contributed by atoms with van der Waals surface area (Å²) in [5.41, 5.74) is 1.63. The zero-order valence-electron chi connectivity index (χ0n) is 14.7. The van der Waals surface area contributed by atoms with Crippen molar-refractivity contribution in [2.45, 2.75) is 39.0 Å². The van der Waals surface area contributed by atoms with Gasteiger partial charge in [0, 0.05) is 18.7 Å². The number of benzene rings is 1. The molecule has 1 saturated heterocycles. The first-order valence-corrected chi connectivity index (χ1v) is 9.87. The Bertz CT molecular complexity index is 867. The molecule has 2 heterocycles. The van der Waals surface area contributed by atoms with Gasteiger partial charge in [-0.2, -0.15) is 0 Å². The molecule has 2 fully saturated rings. The number of nitrogens with zero attached hydrogens (tertiary/aromatic N) is 2. The Kier molecular flexibility index (Phi) is 4.48. The highest BCUT2D eigenvalue weighted by atomic mass is 32.1. The molecule has 2 atom stereocenters. The van der Waals surface area contributed by atoms with E-state index in [1.54, 1.807) is 11.3 Å². The third-order valence-electron chi connectivity index (χ3n) is 5.27. The van der Waals surface area contributed by atoms with Crippen molar-refractivity contribution in [3.63, 3.8) is 0 Å². The molecule has 1 aliphatic heterocycles. The summed E-state index contributed by atoms with van der Waals surface area (Å²) < 4.78 is 1.02. The van der Waals surface area contributed by atoms with Crippen LogP contribution in [0.4, 0.5) is 5.69 Å². The van der Waals surface area contributed by atoms with E-state index < -0.39 is 0 Å². The molecule has 0 spiro atoms. The van der Waals surface area contributed by atoms with Crippen molar-refractivity contribution in [2.24, 2.45) is 11.8 Å². The van der Waals surface area contributed by atoms with E-state index in [9.17, 15) is 14.4 Å². The van der Waals surface area contributed by atoms with Crippen molar-refractivity contribution >= 4 is 45.0 Å². The Hall–Kier alpha value is -2.28. The Balaban J connectivity index is 1.37. The summed E-state index contributed by atoms with van der Waals surface area (Å²) in [4.78, 5) is 42.8. The lowest BCUT2D eigenvalue weighted by atomic mass is 9.81. The highest BCUT2D eigenvalue weighted by Gasteiger charge is 2.47. The lowest BCUT2D eigenvalue weighted by Gasteiger charge is -2.19. The molecule has 0 bridgehead atoms. The van der Waals surface area contributed by atoms with Gasteiger partial charge in [0.1, 0.15) is 0 Å². The number of fused-ring (bicyclic) bond motifs is 2. The lowest BCUT2D eigenvalue weighted by Crippen LogP contribution is -2.34. The third-order valence-corrected chi connectivity index (χ3v) is 6.21. The van der Waals surface area contributed by atoms with Crippen LogP contribution in [0.3, 0.4) is 0 Å². The topological polar surface area (TPSA) is 79.4 Å². The van der Waals surface area contributed by atoms with Crippen molar-refractivity contribution in [3.8, 4) is 0 Å². The summed E-state index contributed by atoms with van der Waals surface area (Å²) in [5, 5.41) is 3.83. The van der Waals surface area contributed by atoms with E-state index in [-0.39, 0.29) is 42.5 Å². The van der Waals surface area contributed by atoms with Crippen molar-refractivity contribution in [2.75, 3.05) is 11.9 Å². The van der Waals surface area contributed by atoms with Gasteiger partial charge in [-0.25, -0.2) is 4.98 Å². The van der Waals surface area contributed by atoms with Crippen LogP contribution in [0.5, 0.6) is 0 Å². The monoisotopic (exact) mass is 371 g/mol. The molecular formula is C19H21N3O3S. The molecule has 1 saturated carbocycles. The zero-order chi connectivity index (χ0) is 18.3. The Morgan fingerprint density at radius 3 is 2.62 bits per heavy atom. The van der Waals surface area contributed by atoms with E-state index in [1.165, 1.54) is 4.90 Å². The highest BCUT2D eigenvalue weighted by molar-refractivity contribution is 7.18. The molecular weight excluding hydrogens is 350 g/mol. The maximum atomic E-state index is 12.4. The number of rotatable bonds is 4. The Labute approximate surface area is 155 Å². The molecule has 1 aromatic heterocycles. The van der Waals surface area contributed by atoms with Gasteiger partial charge in [-0.05, 0) is 38.0 Å². The summed E-state index contributed by atoms with van der Waals surface area (Å²) in [6, 6.07) is 5.60. The first kappa shape index (κ1) is 17.1. The van der Waals surface area contributed by atoms with Crippen LogP contribution < -0.4 is 5.32 Å². The third kappa shape index (κ3) is 3.11. The number of aromatic nitrogens is 1. The van der Waals surface area contributed by atoms with Gasteiger partial charge < -0.3 is 5.32 Å². The molecule has 3 amide bonds. The number of carbonyl (C=O) groups excluding carboxylic acids is 3. The number of carbonyl (C=O) groups is 3. The number of thiazole rings is 1. The van der Waals surface area contributed by atoms with Gasteiger partial charge in [0.25, 0.3) is 0 Å². The van der Waals surface area contributed by atoms with Gasteiger partial charge >= 0.3 is 0 Å². The summed E-state index contributed by atoms with van der Waals surface area (Å²) >= 11 is 1.58. The Morgan fingerprint density at radius 1 is 1.23 bits per heavy atom. The second kappa shape index (κ2) is 6.79. The zero-order valence-corrected chi connectivity index (χ0v) is 15.5. The SMILES string of the molecule is Cc1nc2ccc(NC(=O)CCN3C(=O)[C@H]4CCCC[C@@H]4C3=O)cc2s1. The summed E-state index contributed by atoms with van der Waals surface area (Å²) in [7, 11) is 0. The Morgan fingerprint density at radius 2 is 1.92 bits per heavy atom. The molecule has 2 aliphatic rings. The van der Waals surface area contributed by atoms with Crippen molar-refractivity contribution in [1.82, 2.24) is 9.88 Å². The first-order chi connectivity index (χ1) is 12.5. The number of nitrogens with one attached hydrogen (secondary N) is 1. The average molecular weight is 371 g/mol. The molecule has 0 unspecified atom stereocenters. The van der Waals surface area contributed by atoms with Crippen molar-refractivity contribution in [1.29, 1.82) is 0 Å². The number of likely N-dealkylation sites (tertiary alicyclic amines) is 1. The number of imide groups is 1. The van der Waals surface area contributed by atoms with Gasteiger partial charge in [-0.15, -0.1) is 11.3 Å². The average Bonchev–Trinajstić information content (AvgIpc) is 3.11. The second-order valence-electron chi connectivity index (χ2n) is 7.04. The van der Waals surface area contributed by atoms with Crippen LogP contribution in [-0.2, 0) is 14.4 Å². The van der Waals surface area contributed by atoms with Gasteiger partial charge in [-0.1, -0.05) is 12.8 Å². The number of hydrogen-bond donors (Lipinski definition) is 1. The molecule has 1 aliphatic carbocycles. The van der Waals surface area contributed by atoms with E-state index >= 15 is 0 Å². The van der Waals surface area contributed by atoms with Crippen LogP contribution in [0, 0.1) is 18.8 Å². The molecule has 136 valence electrons. The first-order valence-electron chi connectivity index (χ1n) is 9.05. The maximum Gasteiger partial charge on any atom is 0.233 e. The summed E-state index contributed by atoms with van der Waals surface area (Å²) in [5.74, 6) is -0.684. The molecule has 6 nitrogen and oxygen atoms in total. The molecule has 7 heteroatoms. The number of hydrogen-bond acceptors (Lipinski definition) is 5. The van der Waals surface area contributed by atoms with Crippen molar-refractivity contribution in [3.05, 3.63) is 23.2 Å².